The molecule has 33 heavy (non-hydrogen) atoms. The number of nitrogens with zero attached hydrogens (tertiary/aromatic N) is 2. The molecule has 4 rings (SSSR count). The fraction of sp³-hybridized carbons (Fsp3) is 0.286. The van der Waals surface area contributed by atoms with E-state index in [2.05, 4.69) is 19.1 Å². The summed E-state index contributed by atoms with van der Waals surface area (Å²) in [6, 6.07) is 25.0. The highest BCUT2D eigenvalue weighted by Crippen LogP contribution is 2.35. The molecule has 5 heteroatoms. The number of fused-ring (bicyclic) bond motifs is 1. The first-order chi connectivity index (χ1) is 16.1. The van der Waals surface area contributed by atoms with E-state index in [1.165, 1.54) is 5.56 Å². The predicted molar refractivity (Wildman–Crippen MR) is 132 cm³/mol. The van der Waals surface area contributed by atoms with Crippen molar-refractivity contribution in [2.45, 2.75) is 26.7 Å². The Morgan fingerprint density at radius 3 is 2.30 bits per heavy atom. The number of carbonyl (C=O) groups excluding carboxylic acids is 2. The van der Waals surface area contributed by atoms with E-state index in [-0.39, 0.29) is 17.7 Å². The third-order valence-corrected chi connectivity index (χ3v) is 6.00. The highest BCUT2D eigenvalue weighted by molar-refractivity contribution is 6.11. The maximum Gasteiger partial charge on any atom is 0.258 e. The van der Waals surface area contributed by atoms with Crippen LogP contribution in [0.1, 0.15) is 36.2 Å². The van der Waals surface area contributed by atoms with Crippen molar-refractivity contribution in [2.24, 2.45) is 5.92 Å². The lowest BCUT2D eigenvalue weighted by molar-refractivity contribution is -0.121. The molecule has 1 aliphatic heterocycles. The Bertz CT molecular complexity index is 1100. The molecular formula is C28H30N2O3. The highest BCUT2D eigenvalue weighted by Gasteiger charge is 2.33. The predicted octanol–water partition coefficient (Wildman–Crippen LogP) is 5.35. The summed E-state index contributed by atoms with van der Waals surface area (Å²) < 4.78 is 5.89. The molecule has 0 bridgehead atoms. The maximum absolute atomic E-state index is 13.3. The summed E-state index contributed by atoms with van der Waals surface area (Å²) in [6.45, 7) is 5.40. The second-order valence-corrected chi connectivity index (χ2v) is 8.36. The minimum atomic E-state index is -0.312. The van der Waals surface area contributed by atoms with E-state index in [4.69, 9.17) is 4.74 Å². The lowest BCUT2D eigenvalue weighted by Crippen LogP contribution is -2.39. The smallest absolute Gasteiger partial charge is 0.258 e. The van der Waals surface area contributed by atoms with Gasteiger partial charge in [-0.15, -0.1) is 0 Å². The largest absolute Gasteiger partial charge is 0.494 e. The van der Waals surface area contributed by atoms with Gasteiger partial charge in [0.05, 0.1) is 23.9 Å². The molecule has 5 nitrogen and oxygen atoms in total. The van der Waals surface area contributed by atoms with Gasteiger partial charge in [-0.3, -0.25) is 9.59 Å². The first-order valence-electron chi connectivity index (χ1n) is 11.6. The number of ether oxygens (including phenoxy) is 1. The van der Waals surface area contributed by atoms with Gasteiger partial charge in [-0.1, -0.05) is 56.3 Å². The molecule has 0 saturated carbocycles. The van der Waals surface area contributed by atoms with Crippen LogP contribution in [0.5, 0.6) is 5.75 Å². The van der Waals surface area contributed by atoms with Crippen LogP contribution >= 0.6 is 0 Å². The molecule has 2 amide bonds. The number of hydrogen-bond acceptors (Lipinski definition) is 3. The lowest BCUT2D eigenvalue weighted by Gasteiger charge is -2.25. The quantitative estimate of drug-likeness (QED) is 0.464. The third kappa shape index (κ3) is 5.08. The normalized spacial score (nSPS) is 15.7. The standard InChI is InChI=1S/C28H30N2O3/c1-3-22-14-16-24(17-15-22)33-19-9-18-29-25-12-7-8-13-26(25)30(20-21(2)27(29)31)28(32)23-10-5-4-6-11-23/h4-8,10-17,21H,3,9,18-20H2,1-2H3. The zero-order valence-electron chi connectivity index (χ0n) is 19.2. The van der Waals surface area contributed by atoms with E-state index < -0.39 is 0 Å². The Hall–Kier alpha value is -3.60. The van der Waals surface area contributed by atoms with Gasteiger partial charge in [-0.25, -0.2) is 0 Å². The van der Waals surface area contributed by atoms with Crippen molar-refractivity contribution < 1.29 is 14.3 Å². The van der Waals surface area contributed by atoms with Gasteiger partial charge in [0.1, 0.15) is 5.75 Å². The van der Waals surface area contributed by atoms with Crippen molar-refractivity contribution in [2.75, 3.05) is 29.5 Å². The van der Waals surface area contributed by atoms with E-state index in [0.29, 0.717) is 31.7 Å². The van der Waals surface area contributed by atoms with Crippen LogP contribution in [0.3, 0.4) is 0 Å². The molecule has 0 N–H and O–H groups in total. The third-order valence-electron chi connectivity index (χ3n) is 6.00. The minimum Gasteiger partial charge on any atom is -0.494 e. The number of carbonyl (C=O) groups is 2. The number of amides is 2. The molecule has 0 spiro atoms. The molecule has 0 saturated heterocycles. The number of rotatable bonds is 7. The number of para-hydroxylation sites is 2. The minimum absolute atomic E-state index is 0.0260. The SMILES string of the molecule is CCc1ccc(OCCCN2C(=O)C(C)CN(C(=O)c3ccccc3)c3ccccc32)cc1. The van der Waals surface area contributed by atoms with Crippen LogP contribution < -0.4 is 14.5 Å². The molecule has 1 heterocycles. The van der Waals surface area contributed by atoms with Gasteiger partial charge in [-0.2, -0.15) is 0 Å². The highest BCUT2D eigenvalue weighted by atomic mass is 16.5. The summed E-state index contributed by atoms with van der Waals surface area (Å²) >= 11 is 0. The molecule has 0 aliphatic carbocycles. The second kappa shape index (κ2) is 10.3. The van der Waals surface area contributed by atoms with Gasteiger partial charge in [0.25, 0.3) is 5.91 Å². The summed E-state index contributed by atoms with van der Waals surface area (Å²) in [7, 11) is 0. The molecular weight excluding hydrogens is 412 g/mol. The average molecular weight is 443 g/mol. The summed E-state index contributed by atoms with van der Waals surface area (Å²) in [5, 5.41) is 0. The fourth-order valence-electron chi connectivity index (χ4n) is 4.15. The van der Waals surface area contributed by atoms with Crippen molar-refractivity contribution in [3.8, 4) is 5.75 Å². The van der Waals surface area contributed by atoms with Gasteiger partial charge >= 0.3 is 0 Å². The Morgan fingerprint density at radius 1 is 0.939 bits per heavy atom. The van der Waals surface area contributed by atoms with E-state index in [0.717, 1.165) is 23.5 Å². The van der Waals surface area contributed by atoms with Crippen LogP contribution in [0.25, 0.3) is 0 Å². The summed E-state index contributed by atoms with van der Waals surface area (Å²) in [5.74, 6) is 0.455. The van der Waals surface area contributed by atoms with Gasteiger partial charge in [0.15, 0.2) is 0 Å². The van der Waals surface area contributed by atoms with Crippen LogP contribution in [-0.2, 0) is 11.2 Å². The maximum atomic E-state index is 13.3. The van der Waals surface area contributed by atoms with Gasteiger partial charge in [-0.05, 0) is 54.8 Å². The van der Waals surface area contributed by atoms with Crippen LogP contribution in [0.15, 0.2) is 78.9 Å². The lowest BCUT2D eigenvalue weighted by atomic mass is 10.1. The molecule has 0 aromatic heterocycles. The molecule has 0 fully saturated rings. The molecule has 1 unspecified atom stereocenters. The Kier molecular flexibility index (Phi) is 7.08. The van der Waals surface area contributed by atoms with E-state index in [1.54, 1.807) is 4.90 Å². The van der Waals surface area contributed by atoms with Gasteiger partial charge in [0, 0.05) is 18.7 Å². The van der Waals surface area contributed by atoms with Crippen molar-refractivity contribution in [1.82, 2.24) is 0 Å². The molecule has 170 valence electrons. The van der Waals surface area contributed by atoms with Gasteiger partial charge in [0.2, 0.25) is 5.91 Å². The second-order valence-electron chi connectivity index (χ2n) is 8.36. The number of anilines is 2. The number of benzene rings is 3. The fourth-order valence-corrected chi connectivity index (χ4v) is 4.15. The molecule has 0 radical (unpaired) electrons. The monoisotopic (exact) mass is 442 g/mol. The van der Waals surface area contributed by atoms with Crippen LogP contribution in [-0.4, -0.2) is 31.5 Å². The van der Waals surface area contributed by atoms with Crippen LogP contribution in [0, 0.1) is 5.92 Å². The van der Waals surface area contributed by atoms with Crippen molar-refractivity contribution in [3.63, 3.8) is 0 Å². The zero-order valence-corrected chi connectivity index (χ0v) is 19.2. The van der Waals surface area contributed by atoms with Crippen molar-refractivity contribution in [1.29, 1.82) is 0 Å². The van der Waals surface area contributed by atoms with Crippen molar-refractivity contribution in [3.05, 3.63) is 90.0 Å². The zero-order chi connectivity index (χ0) is 23.2. The number of hydrogen-bond donors (Lipinski definition) is 0. The van der Waals surface area contributed by atoms with E-state index in [1.807, 2.05) is 78.6 Å². The number of aryl methyl sites for hydroxylation is 1. The molecule has 3 aromatic rings. The molecule has 1 aliphatic rings. The molecule has 3 aromatic carbocycles. The van der Waals surface area contributed by atoms with Crippen LogP contribution in [0.4, 0.5) is 11.4 Å². The molecule has 1 atom stereocenters. The van der Waals surface area contributed by atoms with E-state index >= 15 is 0 Å². The Balaban J connectivity index is 1.50. The van der Waals surface area contributed by atoms with Crippen LogP contribution in [0.2, 0.25) is 0 Å². The first kappa shape index (κ1) is 22.6. The van der Waals surface area contributed by atoms with Crippen molar-refractivity contribution >= 4 is 23.2 Å². The van der Waals surface area contributed by atoms with Gasteiger partial charge < -0.3 is 14.5 Å². The Labute approximate surface area is 195 Å². The summed E-state index contributed by atoms with van der Waals surface area (Å²) in [4.78, 5) is 30.2. The topological polar surface area (TPSA) is 49.9 Å². The Morgan fingerprint density at radius 2 is 1.61 bits per heavy atom. The summed E-state index contributed by atoms with van der Waals surface area (Å²) in [6.07, 6.45) is 1.69. The average Bonchev–Trinajstić information content (AvgIpc) is 2.97. The first-order valence-corrected chi connectivity index (χ1v) is 11.6. The summed E-state index contributed by atoms with van der Waals surface area (Å²) in [5.41, 5.74) is 3.42. The van der Waals surface area contributed by atoms with E-state index in [9.17, 15) is 9.59 Å².